The molecule has 1 aliphatic carbocycles. The summed E-state index contributed by atoms with van der Waals surface area (Å²) < 4.78 is 0. The minimum atomic E-state index is -0.683. The Morgan fingerprint density at radius 1 is 1.11 bits per heavy atom. The predicted octanol–water partition coefficient (Wildman–Crippen LogP) is 1.72. The van der Waals surface area contributed by atoms with E-state index in [0.29, 0.717) is 6.54 Å². The van der Waals surface area contributed by atoms with Gasteiger partial charge in [-0.2, -0.15) is 0 Å². The van der Waals surface area contributed by atoms with Gasteiger partial charge in [0, 0.05) is 6.54 Å². The third-order valence-corrected chi connectivity index (χ3v) is 4.73. The van der Waals surface area contributed by atoms with Gasteiger partial charge in [0.2, 0.25) is 5.91 Å². The first-order valence-electron chi connectivity index (χ1n) is 7.80. The first kappa shape index (κ1) is 14.8. The van der Waals surface area contributed by atoms with E-state index in [2.05, 4.69) is 10.6 Å². The standard InChI is InChI=1S/C15H28N2O2/c1-14(8-6-7-11-17-14)13(18)16-12-15(19)9-4-2-3-5-10-15/h17,19H,2-12H2,1H3,(H,16,18). The topological polar surface area (TPSA) is 61.4 Å². The van der Waals surface area contributed by atoms with Gasteiger partial charge in [-0.05, 0) is 45.6 Å². The Labute approximate surface area is 116 Å². The molecular formula is C15H28N2O2. The average molecular weight is 268 g/mol. The van der Waals surface area contributed by atoms with Gasteiger partial charge in [-0.25, -0.2) is 0 Å². The number of piperidine rings is 1. The molecule has 0 aromatic heterocycles. The van der Waals surface area contributed by atoms with E-state index in [1.54, 1.807) is 0 Å². The number of rotatable bonds is 3. The molecule has 0 spiro atoms. The highest BCUT2D eigenvalue weighted by atomic mass is 16.3. The van der Waals surface area contributed by atoms with Crippen LogP contribution in [-0.2, 0) is 4.79 Å². The van der Waals surface area contributed by atoms with Gasteiger partial charge in [0.05, 0.1) is 11.1 Å². The number of amides is 1. The van der Waals surface area contributed by atoms with Crippen LogP contribution in [-0.4, -0.2) is 35.2 Å². The van der Waals surface area contributed by atoms with Gasteiger partial charge < -0.3 is 15.7 Å². The maximum absolute atomic E-state index is 12.3. The van der Waals surface area contributed by atoms with Crippen LogP contribution in [0, 0.1) is 0 Å². The maximum Gasteiger partial charge on any atom is 0.240 e. The lowest BCUT2D eigenvalue weighted by Crippen LogP contribution is -2.58. The molecule has 0 aromatic rings. The smallest absolute Gasteiger partial charge is 0.240 e. The number of nitrogens with one attached hydrogen (secondary N) is 2. The number of hydrogen-bond donors (Lipinski definition) is 3. The largest absolute Gasteiger partial charge is 0.388 e. The lowest BCUT2D eigenvalue weighted by molar-refractivity contribution is -0.129. The normalized spacial score (nSPS) is 31.5. The van der Waals surface area contributed by atoms with Crippen LogP contribution in [0.1, 0.15) is 64.7 Å². The SMILES string of the molecule is CC1(C(=O)NCC2(O)CCCCCC2)CCCCN1. The van der Waals surface area contributed by atoms with Gasteiger partial charge in [0.1, 0.15) is 0 Å². The summed E-state index contributed by atoms with van der Waals surface area (Å²) in [6.45, 7) is 3.29. The molecule has 4 nitrogen and oxygen atoms in total. The lowest BCUT2D eigenvalue weighted by atomic mass is 9.89. The molecular weight excluding hydrogens is 240 g/mol. The molecule has 0 aromatic carbocycles. The van der Waals surface area contributed by atoms with Crippen molar-refractivity contribution in [2.24, 2.45) is 0 Å². The summed E-state index contributed by atoms with van der Waals surface area (Å²) >= 11 is 0. The summed E-state index contributed by atoms with van der Waals surface area (Å²) in [5, 5.41) is 16.8. The molecule has 0 radical (unpaired) electrons. The Bertz CT molecular complexity index is 303. The van der Waals surface area contributed by atoms with Gasteiger partial charge >= 0.3 is 0 Å². The fourth-order valence-corrected chi connectivity index (χ4v) is 3.25. The van der Waals surface area contributed by atoms with Crippen LogP contribution in [0.15, 0.2) is 0 Å². The van der Waals surface area contributed by atoms with Gasteiger partial charge in [-0.3, -0.25) is 4.79 Å². The summed E-state index contributed by atoms with van der Waals surface area (Å²) in [6.07, 6.45) is 9.31. The molecule has 0 bridgehead atoms. The second-order valence-corrected chi connectivity index (χ2v) is 6.54. The molecule has 1 saturated carbocycles. The van der Waals surface area contributed by atoms with Crippen LogP contribution in [0.5, 0.6) is 0 Å². The highest BCUT2D eigenvalue weighted by Crippen LogP contribution is 2.27. The van der Waals surface area contributed by atoms with E-state index in [1.165, 1.54) is 12.8 Å². The minimum Gasteiger partial charge on any atom is -0.388 e. The molecule has 2 aliphatic rings. The zero-order valence-corrected chi connectivity index (χ0v) is 12.1. The number of hydrogen-bond acceptors (Lipinski definition) is 3. The Hall–Kier alpha value is -0.610. The minimum absolute atomic E-state index is 0.0462. The van der Waals surface area contributed by atoms with E-state index >= 15 is 0 Å². The van der Waals surface area contributed by atoms with E-state index in [1.807, 2.05) is 6.92 Å². The average Bonchev–Trinajstić information content (AvgIpc) is 2.62. The highest BCUT2D eigenvalue weighted by molar-refractivity contribution is 5.86. The Kier molecular flexibility index (Phi) is 4.85. The van der Waals surface area contributed by atoms with E-state index in [0.717, 1.165) is 51.5 Å². The van der Waals surface area contributed by atoms with Gasteiger partial charge in [-0.15, -0.1) is 0 Å². The van der Waals surface area contributed by atoms with Crippen molar-refractivity contribution in [1.29, 1.82) is 0 Å². The molecule has 19 heavy (non-hydrogen) atoms. The number of aliphatic hydroxyl groups is 1. The van der Waals surface area contributed by atoms with Crippen LogP contribution in [0.2, 0.25) is 0 Å². The molecule has 110 valence electrons. The van der Waals surface area contributed by atoms with E-state index in [-0.39, 0.29) is 5.91 Å². The predicted molar refractivity (Wildman–Crippen MR) is 75.9 cm³/mol. The number of carbonyl (C=O) groups is 1. The molecule has 2 fully saturated rings. The Morgan fingerprint density at radius 2 is 1.74 bits per heavy atom. The fourth-order valence-electron chi connectivity index (χ4n) is 3.25. The zero-order chi connectivity index (χ0) is 13.8. The van der Waals surface area contributed by atoms with Crippen LogP contribution in [0.3, 0.4) is 0 Å². The van der Waals surface area contributed by atoms with Gasteiger partial charge in [0.25, 0.3) is 0 Å². The van der Waals surface area contributed by atoms with E-state index in [9.17, 15) is 9.90 Å². The highest BCUT2D eigenvalue weighted by Gasteiger charge is 2.36. The maximum atomic E-state index is 12.3. The summed E-state index contributed by atoms with van der Waals surface area (Å²) in [5.74, 6) is 0.0462. The number of carbonyl (C=O) groups excluding carboxylic acids is 1. The van der Waals surface area contributed by atoms with Crippen molar-refractivity contribution < 1.29 is 9.90 Å². The molecule has 2 rings (SSSR count). The Morgan fingerprint density at radius 3 is 2.32 bits per heavy atom. The van der Waals surface area contributed by atoms with Gasteiger partial charge in [-0.1, -0.05) is 25.7 Å². The molecule has 1 saturated heterocycles. The van der Waals surface area contributed by atoms with Crippen molar-refractivity contribution in [2.75, 3.05) is 13.1 Å². The molecule has 1 aliphatic heterocycles. The fraction of sp³-hybridized carbons (Fsp3) is 0.933. The summed E-state index contributed by atoms with van der Waals surface area (Å²) in [7, 11) is 0. The van der Waals surface area contributed by atoms with Crippen molar-refractivity contribution in [3.8, 4) is 0 Å². The lowest BCUT2D eigenvalue weighted by Gasteiger charge is -2.35. The van der Waals surface area contributed by atoms with E-state index in [4.69, 9.17) is 0 Å². The third kappa shape index (κ3) is 3.93. The summed E-state index contributed by atoms with van der Waals surface area (Å²) in [6, 6.07) is 0. The first-order valence-corrected chi connectivity index (χ1v) is 7.80. The molecule has 1 amide bonds. The van der Waals surface area contributed by atoms with Crippen molar-refractivity contribution in [2.45, 2.75) is 75.9 Å². The molecule has 1 atom stereocenters. The van der Waals surface area contributed by atoms with Crippen molar-refractivity contribution in [3.63, 3.8) is 0 Å². The quantitative estimate of drug-likeness (QED) is 0.683. The van der Waals surface area contributed by atoms with E-state index < -0.39 is 11.1 Å². The first-order chi connectivity index (χ1) is 9.04. The van der Waals surface area contributed by atoms with Crippen molar-refractivity contribution >= 4 is 5.91 Å². The van der Waals surface area contributed by atoms with Crippen molar-refractivity contribution in [1.82, 2.24) is 10.6 Å². The molecule has 3 N–H and O–H groups in total. The van der Waals surface area contributed by atoms with Crippen LogP contribution in [0.4, 0.5) is 0 Å². The van der Waals surface area contributed by atoms with Crippen LogP contribution in [0.25, 0.3) is 0 Å². The van der Waals surface area contributed by atoms with Crippen LogP contribution >= 0.6 is 0 Å². The van der Waals surface area contributed by atoms with Crippen molar-refractivity contribution in [3.05, 3.63) is 0 Å². The second kappa shape index (κ2) is 6.23. The molecule has 4 heteroatoms. The molecule has 1 unspecified atom stereocenters. The molecule has 1 heterocycles. The van der Waals surface area contributed by atoms with Gasteiger partial charge in [0.15, 0.2) is 0 Å². The summed E-state index contributed by atoms with van der Waals surface area (Å²) in [5.41, 5.74) is -1.13. The second-order valence-electron chi connectivity index (χ2n) is 6.54. The Balaban J connectivity index is 1.84. The summed E-state index contributed by atoms with van der Waals surface area (Å²) in [4.78, 5) is 12.3. The zero-order valence-electron chi connectivity index (χ0n) is 12.1. The van der Waals surface area contributed by atoms with Crippen LogP contribution < -0.4 is 10.6 Å². The third-order valence-electron chi connectivity index (χ3n) is 4.73. The monoisotopic (exact) mass is 268 g/mol.